The van der Waals surface area contributed by atoms with Gasteiger partial charge in [-0.3, -0.25) is 4.79 Å². The van der Waals surface area contributed by atoms with Crippen molar-refractivity contribution in [1.82, 2.24) is 10.4 Å². The summed E-state index contributed by atoms with van der Waals surface area (Å²) in [4.78, 5) is 11.4. The number of benzene rings is 1. The van der Waals surface area contributed by atoms with E-state index in [2.05, 4.69) is 5.43 Å². The van der Waals surface area contributed by atoms with Gasteiger partial charge in [-0.25, -0.2) is 5.43 Å². The summed E-state index contributed by atoms with van der Waals surface area (Å²) in [5, 5.41) is 17.6. The standard InChI is InChI=1S/C9H5ClN4O/c10-8-3-1-2-7(4-8)9(15)13-14(5-11)6-12/h1-4H,(H,13,15). The lowest BCUT2D eigenvalue weighted by molar-refractivity contribution is 0.0895. The molecule has 5 nitrogen and oxygen atoms in total. The number of hydrogen-bond acceptors (Lipinski definition) is 4. The summed E-state index contributed by atoms with van der Waals surface area (Å²) < 4.78 is 0. The van der Waals surface area contributed by atoms with E-state index < -0.39 is 5.91 Å². The van der Waals surface area contributed by atoms with Crippen LogP contribution in [0, 0.1) is 22.9 Å². The van der Waals surface area contributed by atoms with Gasteiger partial charge in [0.15, 0.2) is 0 Å². The van der Waals surface area contributed by atoms with Gasteiger partial charge in [0.25, 0.3) is 5.91 Å². The minimum absolute atomic E-state index is 0.276. The predicted molar refractivity (Wildman–Crippen MR) is 52.0 cm³/mol. The molecule has 0 aliphatic carbocycles. The summed E-state index contributed by atoms with van der Waals surface area (Å²) >= 11 is 5.67. The summed E-state index contributed by atoms with van der Waals surface area (Å²) in [6, 6.07) is 6.17. The highest BCUT2D eigenvalue weighted by molar-refractivity contribution is 6.30. The minimum atomic E-state index is -0.569. The maximum atomic E-state index is 11.4. The lowest BCUT2D eigenvalue weighted by Gasteiger charge is -2.07. The van der Waals surface area contributed by atoms with Gasteiger partial charge in [0.05, 0.1) is 0 Å². The lowest BCUT2D eigenvalue weighted by atomic mass is 10.2. The van der Waals surface area contributed by atoms with E-state index in [0.717, 1.165) is 0 Å². The Kier molecular flexibility index (Phi) is 3.50. The number of nitrogens with zero attached hydrogens (tertiary/aromatic N) is 3. The summed E-state index contributed by atoms with van der Waals surface area (Å²) in [6.07, 6.45) is 2.95. The first-order valence-electron chi connectivity index (χ1n) is 3.83. The number of nitriles is 2. The van der Waals surface area contributed by atoms with E-state index in [-0.39, 0.29) is 5.56 Å². The van der Waals surface area contributed by atoms with Crippen molar-refractivity contribution >= 4 is 17.5 Å². The van der Waals surface area contributed by atoms with Crippen molar-refractivity contribution in [2.45, 2.75) is 0 Å². The SMILES string of the molecule is N#CN(C#N)NC(=O)c1cccc(Cl)c1. The largest absolute Gasteiger partial charge is 0.271 e. The Morgan fingerprint density at radius 2 is 2.07 bits per heavy atom. The molecule has 1 aromatic carbocycles. The summed E-state index contributed by atoms with van der Waals surface area (Å²) in [5.74, 6) is -0.569. The third-order valence-corrected chi connectivity index (χ3v) is 1.74. The van der Waals surface area contributed by atoms with Crippen LogP contribution in [-0.4, -0.2) is 10.9 Å². The molecule has 1 aromatic rings. The van der Waals surface area contributed by atoms with E-state index in [1.165, 1.54) is 24.5 Å². The van der Waals surface area contributed by atoms with Crippen LogP contribution in [0.15, 0.2) is 24.3 Å². The average Bonchev–Trinajstić information content (AvgIpc) is 2.25. The average molecular weight is 221 g/mol. The smallest absolute Gasteiger partial charge is 0.267 e. The highest BCUT2D eigenvalue weighted by atomic mass is 35.5. The molecule has 0 aliphatic rings. The van der Waals surface area contributed by atoms with Gasteiger partial charge in [0.2, 0.25) is 12.4 Å². The monoisotopic (exact) mass is 220 g/mol. The van der Waals surface area contributed by atoms with Crippen molar-refractivity contribution in [3.63, 3.8) is 0 Å². The van der Waals surface area contributed by atoms with E-state index in [0.29, 0.717) is 10.0 Å². The molecule has 15 heavy (non-hydrogen) atoms. The molecule has 1 amide bonds. The Balaban J connectivity index is 2.79. The molecule has 6 heteroatoms. The second-order valence-electron chi connectivity index (χ2n) is 2.49. The molecule has 0 radical (unpaired) electrons. The zero-order chi connectivity index (χ0) is 11.3. The lowest BCUT2D eigenvalue weighted by Crippen LogP contribution is -2.35. The number of amides is 1. The fraction of sp³-hybridized carbons (Fsp3) is 0. The molecule has 0 fully saturated rings. The number of carbonyl (C=O) groups excluding carboxylic acids is 1. The van der Waals surface area contributed by atoms with Crippen molar-refractivity contribution in [2.24, 2.45) is 0 Å². The maximum Gasteiger partial charge on any atom is 0.271 e. The first-order valence-corrected chi connectivity index (χ1v) is 4.21. The summed E-state index contributed by atoms with van der Waals surface area (Å²) in [6.45, 7) is 0. The van der Waals surface area contributed by atoms with Gasteiger partial charge in [-0.1, -0.05) is 17.7 Å². The van der Waals surface area contributed by atoms with E-state index in [4.69, 9.17) is 22.1 Å². The molecule has 0 bridgehead atoms. The van der Waals surface area contributed by atoms with Gasteiger partial charge in [0.1, 0.15) is 0 Å². The minimum Gasteiger partial charge on any atom is -0.267 e. The van der Waals surface area contributed by atoms with Crippen LogP contribution in [0.2, 0.25) is 5.02 Å². The van der Waals surface area contributed by atoms with Crippen molar-refractivity contribution in [3.8, 4) is 12.4 Å². The van der Waals surface area contributed by atoms with E-state index >= 15 is 0 Å². The molecule has 0 aromatic heterocycles. The van der Waals surface area contributed by atoms with Crippen molar-refractivity contribution in [3.05, 3.63) is 34.9 Å². The zero-order valence-corrected chi connectivity index (χ0v) is 8.19. The molecule has 0 heterocycles. The van der Waals surface area contributed by atoms with Gasteiger partial charge in [-0.15, -0.1) is 5.01 Å². The van der Waals surface area contributed by atoms with Gasteiger partial charge in [0, 0.05) is 10.6 Å². The van der Waals surface area contributed by atoms with Crippen LogP contribution in [0.4, 0.5) is 0 Å². The number of hydrogen-bond donors (Lipinski definition) is 1. The van der Waals surface area contributed by atoms with Crippen LogP contribution in [0.3, 0.4) is 0 Å². The van der Waals surface area contributed by atoms with Crippen molar-refractivity contribution in [1.29, 1.82) is 10.5 Å². The quantitative estimate of drug-likeness (QED) is 0.462. The maximum absolute atomic E-state index is 11.4. The Hall–Kier alpha value is -2.24. The third kappa shape index (κ3) is 2.87. The highest BCUT2D eigenvalue weighted by Crippen LogP contribution is 2.10. The zero-order valence-electron chi connectivity index (χ0n) is 7.44. The van der Waals surface area contributed by atoms with E-state index in [1.807, 2.05) is 0 Å². The molecule has 0 unspecified atom stereocenters. The molecule has 74 valence electrons. The molecule has 0 saturated heterocycles. The van der Waals surface area contributed by atoms with E-state index in [1.54, 1.807) is 12.1 Å². The van der Waals surface area contributed by atoms with E-state index in [9.17, 15) is 4.79 Å². The Morgan fingerprint density at radius 3 is 2.60 bits per heavy atom. The molecule has 1 N–H and O–H groups in total. The second-order valence-corrected chi connectivity index (χ2v) is 2.92. The number of rotatable bonds is 2. The first-order chi connectivity index (χ1) is 7.17. The Bertz CT molecular complexity index is 446. The fourth-order valence-corrected chi connectivity index (χ4v) is 1.06. The topological polar surface area (TPSA) is 79.9 Å². The van der Waals surface area contributed by atoms with Crippen molar-refractivity contribution < 1.29 is 4.79 Å². The summed E-state index contributed by atoms with van der Waals surface area (Å²) in [7, 11) is 0. The molecule has 1 rings (SSSR count). The Morgan fingerprint density at radius 1 is 1.40 bits per heavy atom. The van der Waals surface area contributed by atoms with Gasteiger partial charge in [-0.2, -0.15) is 10.5 Å². The third-order valence-electron chi connectivity index (χ3n) is 1.50. The molecule has 0 atom stereocenters. The van der Waals surface area contributed by atoms with Crippen LogP contribution in [0.1, 0.15) is 10.4 Å². The second kappa shape index (κ2) is 4.85. The highest BCUT2D eigenvalue weighted by Gasteiger charge is 2.09. The molecule has 0 saturated carbocycles. The fourth-order valence-electron chi connectivity index (χ4n) is 0.868. The molecular formula is C9H5ClN4O. The number of nitrogens with one attached hydrogen (secondary N) is 1. The van der Waals surface area contributed by atoms with Crippen LogP contribution in [0.25, 0.3) is 0 Å². The normalized spacial score (nSPS) is 8.47. The molecule has 0 spiro atoms. The van der Waals surface area contributed by atoms with Crippen LogP contribution in [0.5, 0.6) is 0 Å². The molecular weight excluding hydrogens is 216 g/mol. The number of hydrazine groups is 1. The van der Waals surface area contributed by atoms with Crippen molar-refractivity contribution in [2.75, 3.05) is 0 Å². The summed E-state index contributed by atoms with van der Waals surface area (Å²) in [5.41, 5.74) is 2.35. The van der Waals surface area contributed by atoms with Gasteiger partial charge < -0.3 is 0 Å². The first kappa shape index (κ1) is 10.8. The Labute approximate surface area is 91.1 Å². The predicted octanol–water partition coefficient (Wildman–Crippen LogP) is 1.25. The van der Waals surface area contributed by atoms with Gasteiger partial charge >= 0.3 is 0 Å². The molecule has 0 aliphatic heterocycles. The van der Waals surface area contributed by atoms with Crippen LogP contribution in [-0.2, 0) is 0 Å². The number of carbonyl (C=O) groups is 1. The van der Waals surface area contributed by atoms with Gasteiger partial charge in [-0.05, 0) is 18.2 Å². The van der Waals surface area contributed by atoms with Crippen LogP contribution < -0.4 is 5.43 Å². The van der Waals surface area contributed by atoms with Crippen LogP contribution >= 0.6 is 11.6 Å². The number of halogens is 1.